The van der Waals surface area contributed by atoms with Gasteiger partial charge in [0.2, 0.25) is 5.91 Å². The Hall–Kier alpha value is -0.610. The quantitative estimate of drug-likeness (QED) is 0.639. The second-order valence-corrected chi connectivity index (χ2v) is 4.04. The van der Waals surface area contributed by atoms with E-state index in [4.69, 9.17) is 4.74 Å². The molecule has 0 bridgehead atoms. The molecule has 88 valence electrons. The first-order valence-electron chi connectivity index (χ1n) is 5.74. The maximum absolute atomic E-state index is 11.0. The van der Waals surface area contributed by atoms with Crippen LogP contribution in [-0.4, -0.2) is 38.8 Å². The van der Waals surface area contributed by atoms with Gasteiger partial charge in [-0.2, -0.15) is 0 Å². The lowest BCUT2D eigenvalue weighted by Crippen LogP contribution is -2.37. The van der Waals surface area contributed by atoms with Crippen molar-refractivity contribution in [3.63, 3.8) is 0 Å². The van der Waals surface area contributed by atoms with Crippen molar-refractivity contribution in [3.05, 3.63) is 0 Å². The number of carbonyl (C=O) groups is 1. The molecule has 0 aromatic carbocycles. The van der Waals surface area contributed by atoms with Crippen molar-refractivity contribution >= 4 is 5.91 Å². The highest BCUT2D eigenvalue weighted by Gasteiger charge is 2.25. The summed E-state index contributed by atoms with van der Waals surface area (Å²) in [6.07, 6.45) is 5.46. The van der Waals surface area contributed by atoms with Crippen LogP contribution in [0.15, 0.2) is 0 Å². The van der Waals surface area contributed by atoms with Crippen molar-refractivity contribution < 1.29 is 9.53 Å². The van der Waals surface area contributed by atoms with E-state index in [-0.39, 0.29) is 5.91 Å². The largest absolute Gasteiger partial charge is 0.380 e. The molecule has 15 heavy (non-hydrogen) atoms. The van der Waals surface area contributed by atoms with Crippen LogP contribution in [0.25, 0.3) is 0 Å². The van der Waals surface area contributed by atoms with Crippen molar-refractivity contribution in [2.24, 2.45) is 0 Å². The molecular weight excluding hydrogens is 192 g/mol. The molecule has 4 heteroatoms. The number of amides is 1. The SMILES string of the molecule is CNC(=O)CCCNC1CCCC1OC. The van der Waals surface area contributed by atoms with Crippen LogP contribution in [-0.2, 0) is 9.53 Å². The van der Waals surface area contributed by atoms with Crippen molar-refractivity contribution in [1.29, 1.82) is 0 Å². The minimum atomic E-state index is 0.117. The zero-order valence-electron chi connectivity index (χ0n) is 9.71. The second-order valence-electron chi connectivity index (χ2n) is 4.04. The number of nitrogens with one attached hydrogen (secondary N) is 2. The van der Waals surface area contributed by atoms with Gasteiger partial charge in [-0.25, -0.2) is 0 Å². The third-order valence-corrected chi connectivity index (χ3v) is 3.02. The topological polar surface area (TPSA) is 50.4 Å². The molecule has 0 radical (unpaired) electrons. The van der Waals surface area contributed by atoms with Gasteiger partial charge in [0.25, 0.3) is 0 Å². The molecule has 2 atom stereocenters. The van der Waals surface area contributed by atoms with Gasteiger partial charge in [-0.3, -0.25) is 4.79 Å². The first-order chi connectivity index (χ1) is 7.27. The zero-order valence-corrected chi connectivity index (χ0v) is 9.71. The summed E-state index contributed by atoms with van der Waals surface area (Å²) < 4.78 is 5.38. The summed E-state index contributed by atoms with van der Waals surface area (Å²) in [4.78, 5) is 11.0. The maximum Gasteiger partial charge on any atom is 0.219 e. The minimum Gasteiger partial charge on any atom is -0.380 e. The zero-order chi connectivity index (χ0) is 11.1. The Morgan fingerprint density at radius 3 is 2.93 bits per heavy atom. The molecule has 1 fully saturated rings. The predicted octanol–water partition coefficient (Wildman–Crippen LogP) is 0.670. The highest BCUT2D eigenvalue weighted by molar-refractivity contribution is 5.75. The fourth-order valence-corrected chi connectivity index (χ4v) is 2.10. The van der Waals surface area contributed by atoms with E-state index >= 15 is 0 Å². The van der Waals surface area contributed by atoms with Gasteiger partial charge in [0.15, 0.2) is 0 Å². The van der Waals surface area contributed by atoms with Crippen LogP contribution < -0.4 is 10.6 Å². The predicted molar refractivity (Wildman–Crippen MR) is 59.7 cm³/mol. The maximum atomic E-state index is 11.0. The molecule has 1 amide bonds. The molecule has 0 aromatic rings. The van der Waals surface area contributed by atoms with E-state index in [9.17, 15) is 4.79 Å². The van der Waals surface area contributed by atoms with Crippen molar-refractivity contribution in [2.75, 3.05) is 20.7 Å². The van der Waals surface area contributed by atoms with Gasteiger partial charge in [-0.05, 0) is 32.2 Å². The summed E-state index contributed by atoms with van der Waals surface area (Å²) in [5.74, 6) is 0.117. The normalized spacial score (nSPS) is 25.5. The van der Waals surface area contributed by atoms with E-state index in [1.807, 2.05) is 0 Å². The highest BCUT2D eigenvalue weighted by atomic mass is 16.5. The van der Waals surface area contributed by atoms with Gasteiger partial charge in [-0.1, -0.05) is 0 Å². The number of ether oxygens (including phenoxy) is 1. The van der Waals surface area contributed by atoms with Gasteiger partial charge in [-0.15, -0.1) is 0 Å². The van der Waals surface area contributed by atoms with Crippen molar-refractivity contribution in [3.8, 4) is 0 Å². The van der Waals surface area contributed by atoms with E-state index in [1.54, 1.807) is 14.2 Å². The molecule has 2 N–H and O–H groups in total. The first kappa shape index (κ1) is 12.5. The molecular formula is C11H22N2O2. The van der Waals surface area contributed by atoms with E-state index in [2.05, 4.69) is 10.6 Å². The van der Waals surface area contributed by atoms with E-state index in [0.717, 1.165) is 19.4 Å². The standard InChI is InChI=1S/C11H22N2O2/c1-12-11(14)7-4-8-13-9-5-3-6-10(9)15-2/h9-10,13H,3-8H2,1-2H3,(H,12,14). The molecule has 0 heterocycles. The molecule has 1 aliphatic carbocycles. The number of hydrogen-bond donors (Lipinski definition) is 2. The number of rotatable bonds is 6. The molecule has 0 saturated heterocycles. The van der Waals surface area contributed by atoms with Gasteiger partial charge < -0.3 is 15.4 Å². The summed E-state index contributed by atoms with van der Waals surface area (Å²) in [5.41, 5.74) is 0. The van der Waals surface area contributed by atoms with E-state index in [0.29, 0.717) is 18.6 Å². The van der Waals surface area contributed by atoms with Crippen LogP contribution in [0.1, 0.15) is 32.1 Å². The van der Waals surface area contributed by atoms with E-state index in [1.165, 1.54) is 12.8 Å². The number of methoxy groups -OCH3 is 1. The number of hydrogen-bond acceptors (Lipinski definition) is 3. The molecule has 0 spiro atoms. The van der Waals surface area contributed by atoms with Crippen LogP contribution in [0.4, 0.5) is 0 Å². The molecule has 1 rings (SSSR count). The molecule has 2 unspecified atom stereocenters. The monoisotopic (exact) mass is 214 g/mol. The molecule has 0 aliphatic heterocycles. The Balaban J connectivity index is 2.06. The summed E-state index contributed by atoms with van der Waals surface area (Å²) in [6.45, 7) is 0.901. The molecule has 1 aliphatic rings. The fourth-order valence-electron chi connectivity index (χ4n) is 2.10. The average Bonchev–Trinajstić information content (AvgIpc) is 2.71. The third kappa shape index (κ3) is 4.18. The van der Waals surface area contributed by atoms with Gasteiger partial charge in [0.1, 0.15) is 0 Å². The fraction of sp³-hybridized carbons (Fsp3) is 0.909. The lowest BCUT2D eigenvalue weighted by atomic mass is 10.2. The smallest absolute Gasteiger partial charge is 0.219 e. The lowest BCUT2D eigenvalue weighted by Gasteiger charge is -2.19. The van der Waals surface area contributed by atoms with Gasteiger partial charge >= 0.3 is 0 Å². The Labute approximate surface area is 91.8 Å². The van der Waals surface area contributed by atoms with Crippen LogP contribution in [0, 0.1) is 0 Å². The van der Waals surface area contributed by atoms with Crippen LogP contribution in [0.5, 0.6) is 0 Å². The lowest BCUT2D eigenvalue weighted by molar-refractivity contribution is -0.120. The Morgan fingerprint density at radius 1 is 1.47 bits per heavy atom. The first-order valence-corrected chi connectivity index (χ1v) is 5.74. The Morgan fingerprint density at radius 2 is 2.27 bits per heavy atom. The van der Waals surface area contributed by atoms with Crippen LogP contribution in [0.2, 0.25) is 0 Å². The van der Waals surface area contributed by atoms with Crippen LogP contribution >= 0.6 is 0 Å². The number of carbonyl (C=O) groups excluding carboxylic acids is 1. The Bertz CT molecular complexity index is 197. The highest BCUT2D eigenvalue weighted by Crippen LogP contribution is 2.21. The molecule has 4 nitrogen and oxygen atoms in total. The van der Waals surface area contributed by atoms with Gasteiger partial charge in [0, 0.05) is 26.6 Å². The van der Waals surface area contributed by atoms with Gasteiger partial charge in [0.05, 0.1) is 6.10 Å². The summed E-state index contributed by atoms with van der Waals surface area (Å²) in [6, 6.07) is 0.486. The summed E-state index contributed by atoms with van der Waals surface area (Å²) in [7, 11) is 3.45. The van der Waals surface area contributed by atoms with E-state index < -0.39 is 0 Å². The summed E-state index contributed by atoms with van der Waals surface area (Å²) in [5, 5.41) is 6.08. The molecule has 1 saturated carbocycles. The molecule has 0 aromatic heterocycles. The second kappa shape index (κ2) is 6.80. The van der Waals surface area contributed by atoms with Crippen molar-refractivity contribution in [2.45, 2.75) is 44.2 Å². The minimum absolute atomic E-state index is 0.117. The van der Waals surface area contributed by atoms with Crippen LogP contribution in [0.3, 0.4) is 0 Å². The Kier molecular flexibility index (Phi) is 5.65. The third-order valence-electron chi connectivity index (χ3n) is 3.02. The average molecular weight is 214 g/mol. The van der Waals surface area contributed by atoms with Crippen molar-refractivity contribution in [1.82, 2.24) is 10.6 Å². The summed E-state index contributed by atoms with van der Waals surface area (Å²) >= 11 is 0.